The second-order valence-electron chi connectivity index (χ2n) is 2.78. The van der Waals surface area contributed by atoms with Crippen LogP contribution in [0.5, 0.6) is 0 Å². The number of unbranched alkanes of at least 4 members (excludes halogenated alkanes) is 1. The predicted molar refractivity (Wildman–Crippen MR) is 47.6 cm³/mol. The molecular formula is C8H14N2O3. The molecule has 5 nitrogen and oxygen atoms in total. The second-order valence-corrected chi connectivity index (χ2v) is 2.78. The third kappa shape index (κ3) is 5.84. The molecule has 0 aromatic heterocycles. The number of Topliss-reactive ketones (excluding diaryl/α,β-unsaturated/α-hetero) is 1. The van der Waals surface area contributed by atoms with Gasteiger partial charge in [0.05, 0.1) is 0 Å². The van der Waals surface area contributed by atoms with E-state index >= 15 is 0 Å². The zero-order valence-corrected chi connectivity index (χ0v) is 7.62. The van der Waals surface area contributed by atoms with Gasteiger partial charge in [0.2, 0.25) is 5.91 Å². The SMILES string of the molecule is CC(=NO)C(=O)CCCCC(N)=O. The Labute approximate surface area is 76.6 Å². The molecule has 0 aromatic carbocycles. The van der Waals surface area contributed by atoms with Crippen molar-refractivity contribution in [1.82, 2.24) is 0 Å². The molecule has 0 aliphatic carbocycles. The van der Waals surface area contributed by atoms with Crippen molar-refractivity contribution in [2.24, 2.45) is 10.9 Å². The van der Waals surface area contributed by atoms with Crippen LogP contribution in [0.1, 0.15) is 32.6 Å². The van der Waals surface area contributed by atoms with E-state index in [-0.39, 0.29) is 17.4 Å². The van der Waals surface area contributed by atoms with E-state index in [9.17, 15) is 9.59 Å². The summed E-state index contributed by atoms with van der Waals surface area (Å²) >= 11 is 0. The summed E-state index contributed by atoms with van der Waals surface area (Å²) in [6, 6.07) is 0. The summed E-state index contributed by atoms with van der Waals surface area (Å²) in [6.45, 7) is 1.44. The molecule has 0 aromatic rings. The van der Waals surface area contributed by atoms with Gasteiger partial charge in [-0.1, -0.05) is 5.16 Å². The minimum absolute atomic E-state index is 0.0964. The summed E-state index contributed by atoms with van der Waals surface area (Å²) < 4.78 is 0. The van der Waals surface area contributed by atoms with Gasteiger partial charge < -0.3 is 10.9 Å². The maximum atomic E-state index is 11.0. The van der Waals surface area contributed by atoms with Crippen LogP contribution in [0.25, 0.3) is 0 Å². The molecule has 0 fully saturated rings. The van der Waals surface area contributed by atoms with Crippen LogP contribution >= 0.6 is 0 Å². The number of rotatable bonds is 6. The van der Waals surface area contributed by atoms with Gasteiger partial charge in [-0.05, 0) is 19.8 Å². The van der Waals surface area contributed by atoms with Crippen LogP contribution in [0.4, 0.5) is 0 Å². The molecule has 0 aliphatic heterocycles. The lowest BCUT2D eigenvalue weighted by Gasteiger charge is -1.97. The molecule has 1 amide bonds. The zero-order chi connectivity index (χ0) is 10.3. The largest absolute Gasteiger partial charge is 0.411 e. The summed E-state index contributed by atoms with van der Waals surface area (Å²) in [5.41, 5.74) is 5.00. The fraction of sp³-hybridized carbons (Fsp3) is 0.625. The maximum absolute atomic E-state index is 11.0. The Morgan fingerprint density at radius 2 is 1.85 bits per heavy atom. The summed E-state index contributed by atoms with van der Waals surface area (Å²) in [5, 5.41) is 11.0. The first kappa shape index (κ1) is 11.6. The highest BCUT2D eigenvalue weighted by Crippen LogP contribution is 2.00. The van der Waals surface area contributed by atoms with Gasteiger partial charge in [0.15, 0.2) is 5.78 Å². The lowest BCUT2D eigenvalue weighted by atomic mass is 10.1. The summed E-state index contributed by atoms with van der Waals surface area (Å²) in [5.74, 6) is -0.563. The van der Waals surface area contributed by atoms with Crippen LogP contribution in [-0.2, 0) is 9.59 Å². The molecule has 0 saturated carbocycles. The number of carbonyl (C=O) groups is 2. The van der Waals surface area contributed by atoms with Crippen LogP contribution in [-0.4, -0.2) is 22.6 Å². The summed E-state index contributed by atoms with van der Waals surface area (Å²) in [7, 11) is 0. The van der Waals surface area contributed by atoms with Crippen molar-refractivity contribution in [2.75, 3.05) is 0 Å². The Kier molecular flexibility index (Phi) is 5.50. The van der Waals surface area contributed by atoms with Gasteiger partial charge in [0, 0.05) is 12.8 Å². The third-order valence-corrected chi connectivity index (χ3v) is 1.63. The lowest BCUT2D eigenvalue weighted by molar-refractivity contribution is -0.118. The highest BCUT2D eigenvalue weighted by atomic mass is 16.4. The van der Waals surface area contributed by atoms with Crippen molar-refractivity contribution in [3.05, 3.63) is 0 Å². The molecule has 0 spiro atoms. The van der Waals surface area contributed by atoms with Gasteiger partial charge >= 0.3 is 0 Å². The van der Waals surface area contributed by atoms with Crippen molar-refractivity contribution in [1.29, 1.82) is 0 Å². The average molecular weight is 186 g/mol. The molecule has 0 rings (SSSR count). The Morgan fingerprint density at radius 1 is 1.31 bits per heavy atom. The van der Waals surface area contributed by atoms with Gasteiger partial charge in [-0.25, -0.2) is 0 Å². The molecule has 5 heteroatoms. The van der Waals surface area contributed by atoms with Crippen LogP contribution in [0, 0.1) is 0 Å². The van der Waals surface area contributed by atoms with E-state index in [1.54, 1.807) is 0 Å². The van der Waals surface area contributed by atoms with Gasteiger partial charge in [0.1, 0.15) is 5.71 Å². The third-order valence-electron chi connectivity index (χ3n) is 1.63. The van der Waals surface area contributed by atoms with Crippen molar-refractivity contribution < 1.29 is 14.8 Å². The smallest absolute Gasteiger partial charge is 0.217 e. The number of oxime groups is 1. The quantitative estimate of drug-likeness (QED) is 0.273. The summed E-state index contributed by atoms with van der Waals surface area (Å²) in [4.78, 5) is 21.3. The molecule has 0 aliphatic rings. The van der Waals surface area contributed by atoms with E-state index in [2.05, 4.69) is 5.16 Å². The average Bonchev–Trinajstić information content (AvgIpc) is 2.10. The number of hydrogen-bond acceptors (Lipinski definition) is 4. The van der Waals surface area contributed by atoms with E-state index in [0.717, 1.165) is 0 Å². The topological polar surface area (TPSA) is 92.8 Å². The van der Waals surface area contributed by atoms with Gasteiger partial charge in [-0.2, -0.15) is 0 Å². The Hall–Kier alpha value is -1.39. The Bertz CT molecular complexity index is 223. The van der Waals surface area contributed by atoms with Crippen LogP contribution < -0.4 is 5.73 Å². The van der Waals surface area contributed by atoms with E-state index in [1.807, 2.05) is 0 Å². The minimum atomic E-state index is -0.361. The molecule has 0 radical (unpaired) electrons. The van der Waals surface area contributed by atoms with Gasteiger partial charge in [-0.15, -0.1) is 0 Å². The van der Waals surface area contributed by atoms with Crippen molar-refractivity contribution >= 4 is 17.4 Å². The molecule has 0 bridgehead atoms. The van der Waals surface area contributed by atoms with Gasteiger partial charge in [-0.3, -0.25) is 9.59 Å². The number of carbonyl (C=O) groups excluding carboxylic acids is 2. The van der Waals surface area contributed by atoms with Crippen LogP contribution in [0.3, 0.4) is 0 Å². The fourth-order valence-corrected chi connectivity index (χ4v) is 0.821. The van der Waals surface area contributed by atoms with Crippen LogP contribution in [0.2, 0.25) is 0 Å². The molecule has 0 unspecified atom stereocenters. The van der Waals surface area contributed by atoms with Crippen molar-refractivity contribution in [2.45, 2.75) is 32.6 Å². The number of hydrogen-bond donors (Lipinski definition) is 2. The number of ketones is 1. The van der Waals surface area contributed by atoms with Crippen LogP contribution in [0.15, 0.2) is 5.16 Å². The monoisotopic (exact) mass is 186 g/mol. The molecular weight excluding hydrogens is 172 g/mol. The Morgan fingerprint density at radius 3 is 2.31 bits per heavy atom. The first-order valence-electron chi connectivity index (χ1n) is 4.08. The lowest BCUT2D eigenvalue weighted by Crippen LogP contribution is -2.12. The predicted octanol–water partition coefficient (Wildman–Crippen LogP) is 0.451. The molecule has 0 saturated heterocycles. The first-order chi connectivity index (χ1) is 6.07. The molecule has 0 atom stereocenters. The van der Waals surface area contributed by atoms with Gasteiger partial charge in [0.25, 0.3) is 0 Å². The number of nitrogens with two attached hydrogens (primary N) is 1. The standard InChI is InChI=1S/C8H14N2O3/c1-6(10-13)7(11)4-2-3-5-8(9)12/h13H,2-5H2,1H3,(H2,9,12). The molecule has 0 heterocycles. The molecule has 74 valence electrons. The first-order valence-corrected chi connectivity index (χ1v) is 4.08. The summed E-state index contributed by atoms with van der Waals surface area (Å²) in [6.07, 6.45) is 1.78. The normalized spacial score (nSPS) is 11.3. The van der Waals surface area contributed by atoms with Crippen molar-refractivity contribution in [3.8, 4) is 0 Å². The van der Waals surface area contributed by atoms with E-state index in [4.69, 9.17) is 10.9 Å². The number of nitrogens with zero attached hydrogens (tertiary/aromatic N) is 1. The highest BCUT2D eigenvalue weighted by Gasteiger charge is 2.06. The van der Waals surface area contributed by atoms with E-state index in [0.29, 0.717) is 25.7 Å². The molecule has 13 heavy (non-hydrogen) atoms. The zero-order valence-electron chi connectivity index (χ0n) is 7.62. The Balaban J connectivity index is 3.54. The number of amides is 1. The number of primary amides is 1. The maximum Gasteiger partial charge on any atom is 0.217 e. The minimum Gasteiger partial charge on any atom is -0.411 e. The second kappa shape index (κ2) is 6.16. The molecule has 3 N–H and O–H groups in total. The van der Waals surface area contributed by atoms with E-state index < -0.39 is 0 Å². The van der Waals surface area contributed by atoms with Crippen molar-refractivity contribution in [3.63, 3.8) is 0 Å². The highest BCUT2D eigenvalue weighted by molar-refractivity contribution is 6.38. The van der Waals surface area contributed by atoms with E-state index in [1.165, 1.54) is 6.92 Å². The fourth-order valence-electron chi connectivity index (χ4n) is 0.821.